The number of aliphatic hydroxyl groups excluding tert-OH is 1. The van der Waals surface area contributed by atoms with Crippen LogP contribution in [-0.2, 0) is 4.79 Å². The zero-order chi connectivity index (χ0) is 13.7. The molecule has 0 amide bonds. The lowest BCUT2D eigenvalue weighted by atomic mass is 10.0. The smallest absolute Gasteiger partial charge is 0.336 e. The van der Waals surface area contributed by atoms with Crippen LogP contribution < -0.4 is 4.74 Å². The molecule has 2 atom stereocenters. The van der Waals surface area contributed by atoms with Gasteiger partial charge < -0.3 is 14.9 Å². The van der Waals surface area contributed by atoms with Gasteiger partial charge in [-0.25, -0.2) is 4.79 Å². The molecule has 2 N–H and O–H groups in total. The number of hydrogen-bond donors (Lipinski definition) is 2. The molecule has 2 aromatic carbocycles. The van der Waals surface area contributed by atoms with Gasteiger partial charge >= 0.3 is 5.97 Å². The van der Waals surface area contributed by atoms with Crippen LogP contribution in [0.25, 0.3) is 0 Å². The Kier molecular flexibility index (Phi) is 4.15. The molecule has 2 aromatic rings. The molecule has 0 aliphatic carbocycles. The number of rotatable bonds is 5. The van der Waals surface area contributed by atoms with Crippen LogP contribution in [0.2, 0.25) is 0 Å². The van der Waals surface area contributed by atoms with E-state index in [1.165, 1.54) is 0 Å². The quantitative estimate of drug-likeness (QED) is 0.863. The Balaban J connectivity index is 2.27. The maximum Gasteiger partial charge on any atom is 0.336 e. The van der Waals surface area contributed by atoms with Crippen LogP contribution in [0.3, 0.4) is 0 Å². The average molecular weight is 258 g/mol. The van der Waals surface area contributed by atoms with Gasteiger partial charge in [-0.1, -0.05) is 48.5 Å². The molecule has 0 fully saturated rings. The SMILES string of the molecule is O=C(O)[C@H](O)[C@@H](Oc1ccccc1)c1ccccc1. The van der Waals surface area contributed by atoms with E-state index in [1.54, 1.807) is 48.5 Å². The molecular formula is C15H14O4. The zero-order valence-electron chi connectivity index (χ0n) is 10.1. The highest BCUT2D eigenvalue weighted by molar-refractivity contribution is 5.73. The third kappa shape index (κ3) is 3.33. The highest BCUT2D eigenvalue weighted by Crippen LogP contribution is 2.24. The van der Waals surface area contributed by atoms with E-state index in [0.29, 0.717) is 11.3 Å². The molecule has 0 spiro atoms. The van der Waals surface area contributed by atoms with Crippen LogP contribution in [0.15, 0.2) is 60.7 Å². The molecule has 0 aliphatic heterocycles. The second kappa shape index (κ2) is 6.02. The first-order valence-electron chi connectivity index (χ1n) is 5.86. The van der Waals surface area contributed by atoms with Crippen molar-refractivity contribution >= 4 is 5.97 Å². The molecule has 0 heterocycles. The molecule has 2 rings (SSSR count). The Morgan fingerprint density at radius 1 is 0.947 bits per heavy atom. The number of ether oxygens (including phenoxy) is 1. The minimum Gasteiger partial charge on any atom is -0.482 e. The Labute approximate surface area is 110 Å². The summed E-state index contributed by atoms with van der Waals surface area (Å²) in [5.74, 6) is -0.804. The second-order valence-electron chi connectivity index (χ2n) is 4.05. The van der Waals surface area contributed by atoms with Crippen molar-refractivity contribution in [1.29, 1.82) is 0 Å². The van der Waals surface area contributed by atoms with Gasteiger partial charge in [0.05, 0.1) is 0 Å². The largest absolute Gasteiger partial charge is 0.482 e. The first-order chi connectivity index (χ1) is 9.18. The summed E-state index contributed by atoms with van der Waals surface area (Å²) < 4.78 is 5.59. The number of aliphatic hydroxyl groups is 1. The van der Waals surface area contributed by atoms with E-state index in [4.69, 9.17) is 9.84 Å². The molecule has 0 unspecified atom stereocenters. The first kappa shape index (κ1) is 13.1. The molecular weight excluding hydrogens is 244 g/mol. The number of carboxylic acid groups (broad SMARTS) is 1. The topological polar surface area (TPSA) is 66.8 Å². The van der Waals surface area contributed by atoms with E-state index in [0.717, 1.165) is 0 Å². The summed E-state index contributed by atoms with van der Waals surface area (Å²) in [4.78, 5) is 11.0. The standard InChI is InChI=1S/C15H14O4/c16-13(15(17)18)14(11-7-3-1-4-8-11)19-12-9-5-2-6-10-12/h1-10,13-14,16H,(H,17,18)/t13-,14+/m1/s1. The van der Waals surface area contributed by atoms with Gasteiger partial charge in [0, 0.05) is 0 Å². The maximum absolute atomic E-state index is 11.0. The van der Waals surface area contributed by atoms with Crippen LogP contribution in [0.4, 0.5) is 0 Å². The van der Waals surface area contributed by atoms with Crippen LogP contribution in [0.5, 0.6) is 5.75 Å². The van der Waals surface area contributed by atoms with Gasteiger partial charge in [-0.3, -0.25) is 0 Å². The van der Waals surface area contributed by atoms with Crippen molar-refractivity contribution in [2.45, 2.75) is 12.2 Å². The Morgan fingerprint density at radius 3 is 2.00 bits per heavy atom. The predicted molar refractivity (Wildman–Crippen MR) is 69.9 cm³/mol. The second-order valence-corrected chi connectivity index (χ2v) is 4.05. The molecule has 0 aliphatic rings. The number of benzene rings is 2. The van der Waals surface area contributed by atoms with E-state index in [-0.39, 0.29) is 0 Å². The molecule has 4 nitrogen and oxygen atoms in total. The third-order valence-corrected chi connectivity index (χ3v) is 2.67. The summed E-state index contributed by atoms with van der Waals surface area (Å²) in [6, 6.07) is 17.6. The monoisotopic (exact) mass is 258 g/mol. The maximum atomic E-state index is 11.0. The fourth-order valence-corrected chi connectivity index (χ4v) is 1.73. The first-order valence-corrected chi connectivity index (χ1v) is 5.86. The minimum atomic E-state index is -1.62. The zero-order valence-corrected chi connectivity index (χ0v) is 10.1. The van der Waals surface area contributed by atoms with Crippen molar-refractivity contribution in [1.82, 2.24) is 0 Å². The molecule has 19 heavy (non-hydrogen) atoms. The number of para-hydroxylation sites is 1. The Morgan fingerprint density at radius 2 is 1.47 bits per heavy atom. The van der Waals surface area contributed by atoms with Gasteiger partial charge in [0.1, 0.15) is 5.75 Å². The van der Waals surface area contributed by atoms with Crippen molar-refractivity contribution in [2.24, 2.45) is 0 Å². The lowest BCUT2D eigenvalue weighted by Gasteiger charge is -2.22. The van der Waals surface area contributed by atoms with E-state index in [9.17, 15) is 9.90 Å². The summed E-state index contributed by atoms with van der Waals surface area (Å²) in [6.45, 7) is 0. The van der Waals surface area contributed by atoms with Gasteiger partial charge in [-0.15, -0.1) is 0 Å². The van der Waals surface area contributed by atoms with E-state index < -0.39 is 18.2 Å². The molecule has 0 bridgehead atoms. The Bertz CT molecular complexity index is 524. The summed E-state index contributed by atoms with van der Waals surface area (Å²) in [5.41, 5.74) is 0.612. The number of aliphatic carboxylic acids is 1. The summed E-state index contributed by atoms with van der Waals surface area (Å²) in [5, 5.41) is 18.7. The van der Waals surface area contributed by atoms with Crippen LogP contribution in [-0.4, -0.2) is 22.3 Å². The molecule has 0 saturated carbocycles. The van der Waals surface area contributed by atoms with Crippen molar-refractivity contribution in [2.75, 3.05) is 0 Å². The lowest BCUT2D eigenvalue weighted by molar-refractivity contribution is -0.152. The molecule has 0 radical (unpaired) electrons. The summed E-state index contributed by atoms with van der Waals surface area (Å²) in [6.07, 6.45) is -2.57. The van der Waals surface area contributed by atoms with E-state index in [2.05, 4.69) is 0 Å². The summed E-state index contributed by atoms with van der Waals surface area (Å²) in [7, 11) is 0. The van der Waals surface area contributed by atoms with Crippen LogP contribution in [0, 0.1) is 0 Å². The molecule has 0 saturated heterocycles. The van der Waals surface area contributed by atoms with Crippen molar-refractivity contribution in [3.05, 3.63) is 66.2 Å². The van der Waals surface area contributed by atoms with Crippen LogP contribution >= 0.6 is 0 Å². The normalized spacial score (nSPS) is 13.5. The molecule has 98 valence electrons. The lowest BCUT2D eigenvalue weighted by Crippen LogP contribution is -2.31. The van der Waals surface area contributed by atoms with Gasteiger partial charge in [0.25, 0.3) is 0 Å². The van der Waals surface area contributed by atoms with Crippen LogP contribution in [0.1, 0.15) is 11.7 Å². The van der Waals surface area contributed by atoms with Gasteiger partial charge in [-0.2, -0.15) is 0 Å². The minimum absolute atomic E-state index is 0.511. The Hall–Kier alpha value is -2.33. The number of carboxylic acids is 1. The van der Waals surface area contributed by atoms with Gasteiger partial charge in [0.2, 0.25) is 0 Å². The highest BCUT2D eigenvalue weighted by Gasteiger charge is 2.29. The average Bonchev–Trinajstić information content (AvgIpc) is 2.46. The number of hydrogen-bond acceptors (Lipinski definition) is 3. The fourth-order valence-electron chi connectivity index (χ4n) is 1.73. The van der Waals surface area contributed by atoms with E-state index >= 15 is 0 Å². The highest BCUT2D eigenvalue weighted by atomic mass is 16.5. The summed E-state index contributed by atoms with van der Waals surface area (Å²) >= 11 is 0. The fraction of sp³-hybridized carbons (Fsp3) is 0.133. The van der Waals surface area contributed by atoms with Crippen molar-refractivity contribution < 1.29 is 19.7 Å². The van der Waals surface area contributed by atoms with Crippen molar-refractivity contribution in [3.63, 3.8) is 0 Å². The van der Waals surface area contributed by atoms with E-state index in [1.807, 2.05) is 12.1 Å². The van der Waals surface area contributed by atoms with Crippen molar-refractivity contribution in [3.8, 4) is 5.75 Å². The number of carbonyl (C=O) groups is 1. The van der Waals surface area contributed by atoms with Gasteiger partial charge in [-0.05, 0) is 17.7 Å². The molecule has 0 aromatic heterocycles. The predicted octanol–water partition coefficient (Wildman–Crippen LogP) is 2.25. The molecule has 4 heteroatoms. The van der Waals surface area contributed by atoms with Gasteiger partial charge in [0.15, 0.2) is 12.2 Å². The third-order valence-electron chi connectivity index (χ3n) is 2.67.